The summed E-state index contributed by atoms with van der Waals surface area (Å²) < 4.78 is 0. The monoisotopic (exact) mass is 305 g/mol. The predicted molar refractivity (Wildman–Crippen MR) is 86.8 cm³/mol. The van der Waals surface area contributed by atoms with E-state index in [4.69, 9.17) is 0 Å². The van der Waals surface area contributed by atoms with Crippen LogP contribution in [-0.4, -0.2) is 53.2 Å². The van der Waals surface area contributed by atoms with Crippen molar-refractivity contribution in [1.29, 1.82) is 0 Å². The highest BCUT2D eigenvalue weighted by atomic mass is 16.3. The third kappa shape index (κ3) is 4.78. The number of carbonyl (C=O) groups excluding carboxylic acids is 1. The van der Waals surface area contributed by atoms with Crippen LogP contribution < -0.4 is 5.32 Å². The van der Waals surface area contributed by atoms with E-state index in [1.807, 2.05) is 6.92 Å². The Kier molecular flexibility index (Phi) is 6.34. The number of aryl methyl sites for hydroxylation is 1. The number of piperidine rings is 1. The third-order valence-electron chi connectivity index (χ3n) is 4.37. The minimum Gasteiger partial charge on any atom is -0.390 e. The summed E-state index contributed by atoms with van der Waals surface area (Å²) in [5.74, 6) is 0.651. The molecule has 2 N–H and O–H groups in total. The summed E-state index contributed by atoms with van der Waals surface area (Å²) in [4.78, 5) is 18.5. The van der Waals surface area contributed by atoms with Gasteiger partial charge in [-0.05, 0) is 49.9 Å². The van der Waals surface area contributed by atoms with E-state index >= 15 is 0 Å². The topological polar surface area (TPSA) is 65.5 Å². The molecule has 1 fully saturated rings. The molecule has 0 saturated carbocycles. The van der Waals surface area contributed by atoms with Crippen molar-refractivity contribution in [2.45, 2.75) is 39.2 Å². The van der Waals surface area contributed by atoms with Crippen molar-refractivity contribution < 1.29 is 9.90 Å². The van der Waals surface area contributed by atoms with Crippen LogP contribution >= 0.6 is 0 Å². The van der Waals surface area contributed by atoms with Crippen molar-refractivity contribution >= 4 is 5.91 Å². The molecule has 1 atom stereocenters. The van der Waals surface area contributed by atoms with Crippen LogP contribution in [0.25, 0.3) is 0 Å². The zero-order chi connectivity index (χ0) is 15.9. The Bertz CT molecular complexity index is 485. The lowest BCUT2D eigenvalue weighted by Gasteiger charge is -2.31. The highest BCUT2D eigenvalue weighted by molar-refractivity contribution is 5.95. The SMILES string of the molecule is CCc1cnccc1C(=O)NCC(O)CN1CCC(C)CC1. The zero-order valence-corrected chi connectivity index (χ0v) is 13.6. The molecule has 2 heterocycles. The number of rotatable bonds is 6. The number of carbonyl (C=O) groups is 1. The van der Waals surface area contributed by atoms with Crippen LogP contribution in [0.2, 0.25) is 0 Å². The molecule has 1 aromatic heterocycles. The van der Waals surface area contributed by atoms with Crippen molar-refractivity contribution in [2.24, 2.45) is 5.92 Å². The van der Waals surface area contributed by atoms with E-state index in [-0.39, 0.29) is 12.5 Å². The first kappa shape index (κ1) is 16.9. The number of aliphatic hydroxyl groups is 1. The summed E-state index contributed by atoms with van der Waals surface area (Å²) in [7, 11) is 0. The normalized spacial score (nSPS) is 18.1. The quantitative estimate of drug-likeness (QED) is 0.835. The molecule has 1 aromatic rings. The number of nitrogens with zero attached hydrogens (tertiary/aromatic N) is 2. The third-order valence-corrected chi connectivity index (χ3v) is 4.37. The first-order valence-electron chi connectivity index (χ1n) is 8.21. The Morgan fingerprint density at radius 2 is 2.23 bits per heavy atom. The number of nitrogens with one attached hydrogen (secondary N) is 1. The molecule has 1 saturated heterocycles. The lowest BCUT2D eigenvalue weighted by atomic mass is 9.99. The smallest absolute Gasteiger partial charge is 0.251 e. The Morgan fingerprint density at radius 3 is 2.91 bits per heavy atom. The molecule has 122 valence electrons. The van der Waals surface area contributed by atoms with Gasteiger partial charge in [0.1, 0.15) is 0 Å². The molecule has 0 aliphatic carbocycles. The Hall–Kier alpha value is -1.46. The van der Waals surface area contributed by atoms with Gasteiger partial charge in [0.2, 0.25) is 0 Å². The molecule has 5 heteroatoms. The van der Waals surface area contributed by atoms with Crippen LogP contribution in [-0.2, 0) is 6.42 Å². The van der Waals surface area contributed by atoms with Crippen LogP contribution in [0, 0.1) is 5.92 Å². The fourth-order valence-corrected chi connectivity index (χ4v) is 2.84. The predicted octanol–water partition coefficient (Wildman–Crippen LogP) is 1.47. The van der Waals surface area contributed by atoms with Crippen LogP contribution in [0.5, 0.6) is 0 Å². The molecule has 1 amide bonds. The second-order valence-electron chi connectivity index (χ2n) is 6.23. The van der Waals surface area contributed by atoms with Gasteiger partial charge in [0, 0.05) is 31.0 Å². The van der Waals surface area contributed by atoms with E-state index in [2.05, 4.69) is 22.1 Å². The minimum atomic E-state index is -0.524. The van der Waals surface area contributed by atoms with Gasteiger partial charge >= 0.3 is 0 Å². The van der Waals surface area contributed by atoms with Gasteiger partial charge in [-0.25, -0.2) is 0 Å². The van der Waals surface area contributed by atoms with Gasteiger partial charge in [-0.15, -0.1) is 0 Å². The fourth-order valence-electron chi connectivity index (χ4n) is 2.84. The van der Waals surface area contributed by atoms with E-state index in [0.717, 1.165) is 31.0 Å². The Morgan fingerprint density at radius 1 is 1.50 bits per heavy atom. The number of pyridine rings is 1. The number of hydrogen-bond donors (Lipinski definition) is 2. The van der Waals surface area contributed by atoms with Crippen LogP contribution in [0.3, 0.4) is 0 Å². The molecule has 0 aromatic carbocycles. The number of amides is 1. The van der Waals surface area contributed by atoms with Crippen molar-refractivity contribution in [3.05, 3.63) is 29.6 Å². The highest BCUT2D eigenvalue weighted by Gasteiger charge is 2.19. The first-order chi connectivity index (χ1) is 10.6. The molecule has 1 aliphatic heterocycles. The van der Waals surface area contributed by atoms with Crippen molar-refractivity contribution in [3.8, 4) is 0 Å². The number of likely N-dealkylation sites (tertiary alicyclic amines) is 1. The maximum atomic E-state index is 12.2. The summed E-state index contributed by atoms with van der Waals surface area (Å²) in [6.07, 6.45) is 5.97. The van der Waals surface area contributed by atoms with Crippen molar-refractivity contribution in [3.63, 3.8) is 0 Å². The van der Waals surface area contributed by atoms with E-state index in [1.165, 1.54) is 12.8 Å². The Labute approximate surface area is 132 Å². The van der Waals surface area contributed by atoms with E-state index < -0.39 is 6.10 Å². The molecule has 1 unspecified atom stereocenters. The fraction of sp³-hybridized carbons (Fsp3) is 0.647. The van der Waals surface area contributed by atoms with Crippen LogP contribution in [0.15, 0.2) is 18.5 Å². The van der Waals surface area contributed by atoms with Gasteiger partial charge in [0.15, 0.2) is 0 Å². The second-order valence-corrected chi connectivity index (χ2v) is 6.23. The standard InChI is InChI=1S/C17H27N3O2/c1-3-14-10-18-7-4-16(14)17(22)19-11-15(21)12-20-8-5-13(2)6-9-20/h4,7,10,13,15,21H,3,5-6,8-9,11-12H2,1-2H3,(H,19,22). The van der Waals surface area contributed by atoms with E-state index in [1.54, 1.807) is 18.5 Å². The maximum absolute atomic E-state index is 12.2. The van der Waals surface area contributed by atoms with Crippen molar-refractivity contribution in [1.82, 2.24) is 15.2 Å². The largest absolute Gasteiger partial charge is 0.390 e. The van der Waals surface area contributed by atoms with Crippen LogP contribution in [0.1, 0.15) is 42.6 Å². The maximum Gasteiger partial charge on any atom is 0.251 e. The molecule has 1 aliphatic rings. The number of hydrogen-bond acceptors (Lipinski definition) is 4. The number of aliphatic hydroxyl groups excluding tert-OH is 1. The second kappa shape index (κ2) is 8.25. The lowest BCUT2D eigenvalue weighted by Crippen LogP contribution is -2.43. The van der Waals surface area contributed by atoms with E-state index in [9.17, 15) is 9.90 Å². The van der Waals surface area contributed by atoms with Gasteiger partial charge in [0.25, 0.3) is 5.91 Å². The average Bonchev–Trinajstić information content (AvgIpc) is 2.54. The Balaban J connectivity index is 1.78. The molecular formula is C17H27N3O2. The summed E-state index contributed by atoms with van der Waals surface area (Å²) in [5, 5.41) is 12.9. The van der Waals surface area contributed by atoms with Crippen molar-refractivity contribution in [2.75, 3.05) is 26.2 Å². The molecule has 0 radical (unpaired) electrons. The molecule has 22 heavy (non-hydrogen) atoms. The van der Waals surface area contributed by atoms with Gasteiger partial charge in [-0.1, -0.05) is 13.8 Å². The first-order valence-corrected chi connectivity index (χ1v) is 8.21. The van der Waals surface area contributed by atoms with Gasteiger partial charge in [0.05, 0.1) is 6.10 Å². The van der Waals surface area contributed by atoms with Crippen LogP contribution in [0.4, 0.5) is 0 Å². The average molecular weight is 305 g/mol. The molecule has 5 nitrogen and oxygen atoms in total. The van der Waals surface area contributed by atoms with Gasteiger partial charge in [-0.2, -0.15) is 0 Å². The lowest BCUT2D eigenvalue weighted by molar-refractivity contribution is 0.0795. The number of β-amino-alcohol motifs (C(OH)–C–C–N with tert-alkyl or cyclic N) is 1. The van der Waals surface area contributed by atoms with Gasteiger partial charge < -0.3 is 15.3 Å². The summed E-state index contributed by atoms with van der Waals surface area (Å²) in [5.41, 5.74) is 1.58. The zero-order valence-electron chi connectivity index (χ0n) is 13.6. The molecule has 0 spiro atoms. The molecule has 0 bridgehead atoms. The van der Waals surface area contributed by atoms with Gasteiger partial charge in [-0.3, -0.25) is 9.78 Å². The molecule has 2 rings (SSSR count). The summed E-state index contributed by atoms with van der Waals surface area (Å²) in [6, 6.07) is 1.73. The highest BCUT2D eigenvalue weighted by Crippen LogP contribution is 2.15. The number of aromatic nitrogens is 1. The summed E-state index contributed by atoms with van der Waals surface area (Å²) >= 11 is 0. The summed E-state index contributed by atoms with van der Waals surface area (Å²) in [6.45, 7) is 7.27. The minimum absolute atomic E-state index is 0.134. The molecular weight excluding hydrogens is 278 g/mol. The van der Waals surface area contributed by atoms with E-state index in [0.29, 0.717) is 12.1 Å².